The van der Waals surface area contributed by atoms with Gasteiger partial charge in [0.2, 0.25) is 0 Å². The number of aromatic nitrogens is 4. The third kappa shape index (κ3) is 2.38. The van der Waals surface area contributed by atoms with Gasteiger partial charge in [-0.05, 0) is 47.9 Å². The SMILES string of the molecule is Nc1cc(Cl)ccc1-c1nnnn1C1CCN(C2CC2)C1. The molecule has 110 valence electrons. The fraction of sp³-hybridized carbons (Fsp3) is 0.500. The van der Waals surface area contributed by atoms with Gasteiger partial charge < -0.3 is 5.73 Å². The van der Waals surface area contributed by atoms with Gasteiger partial charge >= 0.3 is 0 Å². The molecule has 1 aromatic carbocycles. The van der Waals surface area contributed by atoms with Crippen molar-refractivity contribution in [3.63, 3.8) is 0 Å². The first-order valence-corrected chi connectivity index (χ1v) is 7.67. The van der Waals surface area contributed by atoms with Crippen molar-refractivity contribution in [2.75, 3.05) is 18.8 Å². The number of anilines is 1. The fourth-order valence-electron chi connectivity index (χ4n) is 3.09. The predicted octanol–water partition coefficient (Wildman–Crippen LogP) is 1.98. The lowest BCUT2D eigenvalue weighted by Crippen LogP contribution is -2.24. The van der Waals surface area contributed by atoms with Crippen LogP contribution in [0, 0.1) is 0 Å². The number of halogens is 1. The molecule has 6 nitrogen and oxygen atoms in total. The lowest BCUT2D eigenvalue weighted by Gasteiger charge is -2.16. The molecule has 1 aromatic heterocycles. The smallest absolute Gasteiger partial charge is 0.184 e. The molecule has 0 amide bonds. The molecule has 1 saturated heterocycles. The topological polar surface area (TPSA) is 72.9 Å². The van der Waals surface area contributed by atoms with Crippen LogP contribution in [-0.4, -0.2) is 44.2 Å². The van der Waals surface area contributed by atoms with Crippen molar-refractivity contribution in [2.24, 2.45) is 0 Å². The standard InChI is InChI=1S/C14H17ClN6/c15-9-1-4-12(13(16)7-9)14-17-18-19-21(14)11-5-6-20(8-11)10-2-3-10/h1,4,7,10-11H,2-3,5-6,8,16H2. The number of benzene rings is 1. The zero-order valence-electron chi connectivity index (χ0n) is 11.6. The molecule has 1 unspecified atom stereocenters. The summed E-state index contributed by atoms with van der Waals surface area (Å²) in [7, 11) is 0. The van der Waals surface area contributed by atoms with E-state index in [4.69, 9.17) is 17.3 Å². The first-order valence-electron chi connectivity index (χ1n) is 7.29. The van der Waals surface area contributed by atoms with E-state index in [0.29, 0.717) is 16.8 Å². The van der Waals surface area contributed by atoms with Crippen molar-refractivity contribution >= 4 is 17.3 Å². The van der Waals surface area contributed by atoms with Gasteiger partial charge in [-0.25, -0.2) is 4.68 Å². The Hall–Kier alpha value is -1.66. The highest BCUT2D eigenvalue weighted by atomic mass is 35.5. The van der Waals surface area contributed by atoms with Gasteiger partial charge in [0, 0.05) is 35.4 Å². The van der Waals surface area contributed by atoms with Crippen LogP contribution >= 0.6 is 11.6 Å². The largest absolute Gasteiger partial charge is 0.398 e. The maximum Gasteiger partial charge on any atom is 0.184 e. The highest BCUT2D eigenvalue weighted by Gasteiger charge is 2.36. The van der Waals surface area contributed by atoms with Crippen LogP contribution in [0.1, 0.15) is 25.3 Å². The maximum absolute atomic E-state index is 6.06. The number of nitrogen functional groups attached to an aromatic ring is 1. The Morgan fingerprint density at radius 3 is 2.81 bits per heavy atom. The van der Waals surface area contributed by atoms with E-state index in [1.54, 1.807) is 6.07 Å². The first-order chi connectivity index (χ1) is 10.2. The van der Waals surface area contributed by atoms with E-state index in [-0.39, 0.29) is 0 Å². The average molecular weight is 305 g/mol. The van der Waals surface area contributed by atoms with E-state index >= 15 is 0 Å². The zero-order chi connectivity index (χ0) is 14.4. The number of hydrogen-bond donors (Lipinski definition) is 1. The number of hydrogen-bond acceptors (Lipinski definition) is 5. The Kier molecular flexibility index (Phi) is 3.08. The molecule has 2 fully saturated rings. The summed E-state index contributed by atoms with van der Waals surface area (Å²) in [6, 6.07) is 6.55. The second-order valence-electron chi connectivity index (χ2n) is 5.85. The third-order valence-electron chi connectivity index (χ3n) is 4.35. The van der Waals surface area contributed by atoms with Crippen LogP contribution in [0.3, 0.4) is 0 Å². The minimum Gasteiger partial charge on any atom is -0.398 e. The van der Waals surface area contributed by atoms with E-state index < -0.39 is 0 Å². The molecule has 2 aromatic rings. The van der Waals surface area contributed by atoms with E-state index in [1.807, 2.05) is 16.8 Å². The number of nitrogens with two attached hydrogens (primary N) is 1. The highest BCUT2D eigenvalue weighted by molar-refractivity contribution is 6.31. The van der Waals surface area contributed by atoms with E-state index in [9.17, 15) is 0 Å². The molecular formula is C14H17ClN6. The van der Waals surface area contributed by atoms with Crippen LogP contribution in [0.25, 0.3) is 11.4 Å². The second-order valence-corrected chi connectivity index (χ2v) is 6.28. The number of likely N-dealkylation sites (tertiary alicyclic amines) is 1. The summed E-state index contributed by atoms with van der Waals surface area (Å²) in [5.41, 5.74) is 7.51. The van der Waals surface area contributed by atoms with Crippen LogP contribution in [0.5, 0.6) is 0 Å². The summed E-state index contributed by atoms with van der Waals surface area (Å²) in [4.78, 5) is 2.54. The quantitative estimate of drug-likeness (QED) is 0.878. The summed E-state index contributed by atoms with van der Waals surface area (Å²) in [6.07, 6.45) is 3.75. The van der Waals surface area contributed by atoms with Crippen molar-refractivity contribution in [1.82, 2.24) is 25.1 Å². The molecule has 1 aliphatic heterocycles. The van der Waals surface area contributed by atoms with Crippen molar-refractivity contribution in [3.8, 4) is 11.4 Å². The van der Waals surface area contributed by atoms with Crippen molar-refractivity contribution < 1.29 is 0 Å². The molecule has 1 saturated carbocycles. The fourth-order valence-corrected chi connectivity index (χ4v) is 3.27. The van der Waals surface area contributed by atoms with Gasteiger partial charge in [-0.3, -0.25) is 4.90 Å². The Morgan fingerprint density at radius 2 is 2.05 bits per heavy atom. The number of nitrogens with zero attached hydrogens (tertiary/aromatic N) is 5. The summed E-state index contributed by atoms with van der Waals surface area (Å²) >= 11 is 5.96. The minimum absolute atomic E-state index is 0.325. The molecule has 1 atom stereocenters. The molecule has 7 heteroatoms. The van der Waals surface area contributed by atoms with Gasteiger partial charge in [0.05, 0.1) is 6.04 Å². The maximum atomic E-state index is 6.06. The summed E-state index contributed by atoms with van der Waals surface area (Å²) in [5.74, 6) is 0.729. The van der Waals surface area contributed by atoms with Crippen molar-refractivity contribution in [2.45, 2.75) is 31.3 Å². The monoisotopic (exact) mass is 304 g/mol. The molecular weight excluding hydrogens is 288 g/mol. The lowest BCUT2D eigenvalue weighted by atomic mass is 10.1. The van der Waals surface area contributed by atoms with E-state index in [1.165, 1.54) is 12.8 Å². The molecule has 0 bridgehead atoms. The van der Waals surface area contributed by atoms with Crippen LogP contribution in [0.15, 0.2) is 18.2 Å². The van der Waals surface area contributed by atoms with Gasteiger partial charge in [-0.1, -0.05) is 11.6 Å². The Balaban J connectivity index is 1.64. The van der Waals surface area contributed by atoms with Gasteiger partial charge in [0.1, 0.15) is 0 Å². The van der Waals surface area contributed by atoms with Crippen molar-refractivity contribution in [1.29, 1.82) is 0 Å². The number of rotatable bonds is 3. The molecule has 2 aliphatic rings. The Bertz CT molecular complexity index is 665. The molecule has 0 radical (unpaired) electrons. The Labute approximate surface area is 127 Å². The predicted molar refractivity (Wildman–Crippen MR) is 80.9 cm³/mol. The minimum atomic E-state index is 0.325. The lowest BCUT2D eigenvalue weighted by molar-refractivity contribution is 0.309. The highest BCUT2D eigenvalue weighted by Crippen LogP contribution is 2.35. The molecule has 2 heterocycles. The van der Waals surface area contributed by atoms with Crippen LogP contribution in [0.2, 0.25) is 5.02 Å². The average Bonchev–Trinajstić information content (AvgIpc) is 3.00. The summed E-state index contributed by atoms with van der Waals surface area (Å²) in [5, 5.41) is 12.8. The van der Waals surface area contributed by atoms with Gasteiger partial charge in [-0.2, -0.15) is 0 Å². The molecule has 2 N–H and O–H groups in total. The van der Waals surface area contributed by atoms with Gasteiger partial charge in [0.15, 0.2) is 5.82 Å². The summed E-state index contributed by atoms with van der Waals surface area (Å²) < 4.78 is 1.92. The Morgan fingerprint density at radius 1 is 1.19 bits per heavy atom. The van der Waals surface area contributed by atoms with E-state index in [0.717, 1.165) is 36.9 Å². The van der Waals surface area contributed by atoms with Crippen LogP contribution < -0.4 is 5.73 Å². The normalized spacial score (nSPS) is 22.8. The van der Waals surface area contributed by atoms with Crippen LogP contribution in [0.4, 0.5) is 5.69 Å². The first kappa shape index (κ1) is 13.0. The van der Waals surface area contributed by atoms with Crippen molar-refractivity contribution in [3.05, 3.63) is 23.2 Å². The molecule has 1 aliphatic carbocycles. The molecule has 21 heavy (non-hydrogen) atoms. The third-order valence-corrected chi connectivity index (χ3v) is 4.59. The summed E-state index contributed by atoms with van der Waals surface area (Å²) in [6.45, 7) is 2.15. The zero-order valence-corrected chi connectivity index (χ0v) is 12.4. The molecule has 0 spiro atoms. The van der Waals surface area contributed by atoms with E-state index in [2.05, 4.69) is 20.4 Å². The van der Waals surface area contributed by atoms with Gasteiger partial charge in [-0.15, -0.1) is 5.10 Å². The number of tetrazole rings is 1. The van der Waals surface area contributed by atoms with Gasteiger partial charge in [0.25, 0.3) is 0 Å². The second kappa shape index (κ2) is 4.96. The molecule has 4 rings (SSSR count). The van der Waals surface area contributed by atoms with Crippen LogP contribution in [-0.2, 0) is 0 Å².